The number of fused-ring (bicyclic) bond motifs is 1. The number of carbonyl (C=O) groups is 3. The molecule has 4 rings (SSSR count). The summed E-state index contributed by atoms with van der Waals surface area (Å²) in [6.45, 7) is 5.69. The summed E-state index contributed by atoms with van der Waals surface area (Å²) in [7, 11) is 0. The molecule has 3 aromatic rings. The molecule has 1 aliphatic carbocycles. The van der Waals surface area contributed by atoms with Gasteiger partial charge in [-0.3, -0.25) is 4.79 Å². The van der Waals surface area contributed by atoms with E-state index in [9.17, 15) is 14.4 Å². The molecule has 0 saturated heterocycles. The van der Waals surface area contributed by atoms with E-state index in [1.54, 1.807) is 26.0 Å². The molecule has 1 saturated carbocycles. The molecule has 0 aromatic heterocycles. The fourth-order valence-electron chi connectivity index (χ4n) is 5.50. The molecule has 39 heavy (non-hydrogen) atoms. The predicted molar refractivity (Wildman–Crippen MR) is 151 cm³/mol. The Hall–Kier alpha value is -3.71. The van der Waals surface area contributed by atoms with E-state index >= 15 is 0 Å². The fraction of sp³-hybridized carbons (Fsp3) is 0.406. The maximum Gasteiger partial charge on any atom is 0.340 e. The van der Waals surface area contributed by atoms with Crippen molar-refractivity contribution in [2.45, 2.75) is 70.5 Å². The molecule has 1 aliphatic rings. The van der Waals surface area contributed by atoms with Crippen LogP contribution in [0, 0.1) is 0 Å². The quantitative estimate of drug-likeness (QED) is 0.268. The SMILES string of the molecule is CCOC(=O)C(NC(=O)c1ccc(C2CCCC(NC(C)c3cccc4ccccc34)C2)cc1)C(=O)OCC. The number of benzene rings is 3. The van der Waals surface area contributed by atoms with E-state index in [-0.39, 0.29) is 19.3 Å². The minimum Gasteiger partial charge on any atom is -0.464 e. The Kier molecular flexibility index (Phi) is 9.71. The maximum absolute atomic E-state index is 12.8. The van der Waals surface area contributed by atoms with Crippen LogP contribution in [-0.4, -0.2) is 43.1 Å². The monoisotopic (exact) mass is 530 g/mol. The van der Waals surface area contributed by atoms with E-state index in [1.807, 2.05) is 12.1 Å². The van der Waals surface area contributed by atoms with E-state index in [0.717, 1.165) is 25.7 Å². The molecule has 206 valence electrons. The number of carbonyl (C=O) groups excluding carboxylic acids is 3. The van der Waals surface area contributed by atoms with Crippen LogP contribution in [0.5, 0.6) is 0 Å². The van der Waals surface area contributed by atoms with Crippen molar-refractivity contribution in [2.24, 2.45) is 0 Å². The predicted octanol–water partition coefficient (Wildman–Crippen LogP) is 5.44. The van der Waals surface area contributed by atoms with Crippen molar-refractivity contribution >= 4 is 28.6 Å². The zero-order chi connectivity index (χ0) is 27.8. The van der Waals surface area contributed by atoms with Crippen molar-refractivity contribution in [3.8, 4) is 0 Å². The van der Waals surface area contributed by atoms with E-state index in [2.05, 4.69) is 60.0 Å². The van der Waals surface area contributed by atoms with Crippen LogP contribution in [0.15, 0.2) is 66.7 Å². The number of rotatable bonds is 10. The summed E-state index contributed by atoms with van der Waals surface area (Å²) < 4.78 is 9.87. The van der Waals surface area contributed by atoms with Crippen LogP contribution in [0.2, 0.25) is 0 Å². The molecule has 3 unspecified atom stereocenters. The van der Waals surface area contributed by atoms with Crippen molar-refractivity contribution < 1.29 is 23.9 Å². The maximum atomic E-state index is 12.8. The number of ether oxygens (including phenoxy) is 2. The summed E-state index contributed by atoms with van der Waals surface area (Å²) >= 11 is 0. The summed E-state index contributed by atoms with van der Waals surface area (Å²) in [5.41, 5.74) is 2.87. The molecule has 1 fully saturated rings. The molecular formula is C32H38N2O5. The van der Waals surface area contributed by atoms with Crippen molar-refractivity contribution in [1.82, 2.24) is 10.6 Å². The average Bonchev–Trinajstić information content (AvgIpc) is 2.96. The largest absolute Gasteiger partial charge is 0.464 e. The number of nitrogens with one attached hydrogen (secondary N) is 2. The summed E-state index contributed by atoms with van der Waals surface area (Å²) in [6, 6.07) is 21.6. The van der Waals surface area contributed by atoms with Gasteiger partial charge >= 0.3 is 11.9 Å². The van der Waals surface area contributed by atoms with Crippen LogP contribution in [0.1, 0.15) is 79.9 Å². The van der Waals surface area contributed by atoms with Gasteiger partial charge in [0.05, 0.1) is 13.2 Å². The van der Waals surface area contributed by atoms with Gasteiger partial charge in [-0.25, -0.2) is 9.59 Å². The molecule has 0 heterocycles. The van der Waals surface area contributed by atoms with Crippen LogP contribution in [-0.2, 0) is 19.1 Å². The second-order valence-corrected chi connectivity index (χ2v) is 10.0. The summed E-state index contributed by atoms with van der Waals surface area (Å²) in [5, 5.41) is 8.87. The van der Waals surface area contributed by atoms with Gasteiger partial charge < -0.3 is 20.1 Å². The summed E-state index contributed by atoms with van der Waals surface area (Å²) in [6.07, 6.45) is 4.39. The molecule has 0 aliphatic heterocycles. The normalized spacial score (nSPS) is 17.9. The zero-order valence-electron chi connectivity index (χ0n) is 22.9. The Bertz CT molecular complexity index is 1270. The molecule has 0 radical (unpaired) electrons. The number of amides is 1. The molecule has 3 atom stereocenters. The lowest BCUT2D eigenvalue weighted by Crippen LogP contribution is -2.48. The number of hydrogen-bond acceptors (Lipinski definition) is 6. The topological polar surface area (TPSA) is 93.7 Å². The minimum atomic E-state index is -1.49. The first kappa shape index (κ1) is 28.3. The van der Waals surface area contributed by atoms with Crippen molar-refractivity contribution in [1.29, 1.82) is 0 Å². The van der Waals surface area contributed by atoms with Crippen LogP contribution >= 0.6 is 0 Å². The zero-order valence-corrected chi connectivity index (χ0v) is 22.9. The van der Waals surface area contributed by atoms with Gasteiger partial charge in [-0.2, -0.15) is 0 Å². The third-order valence-electron chi connectivity index (χ3n) is 7.41. The molecule has 0 spiro atoms. The highest BCUT2D eigenvalue weighted by atomic mass is 16.6. The van der Waals surface area contributed by atoms with E-state index < -0.39 is 23.9 Å². The number of hydrogen-bond donors (Lipinski definition) is 2. The standard InChI is InChI=1S/C32H38N2O5/c1-4-38-31(36)29(32(37)39-5-2)34-30(35)24-18-16-22(17-19-24)25-12-8-13-26(20-25)33-21(3)27-15-9-11-23-10-6-7-14-28(23)27/h6-7,9-11,14-19,21,25-26,29,33H,4-5,8,12-13,20H2,1-3H3,(H,34,35). The number of esters is 2. The Morgan fingerprint density at radius 1 is 0.872 bits per heavy atom. The first-order chi connectivity index (χ1) is 18.9. The van der Waals surface area contributed by atoms with Crippen LogP contribution < -0.4 is 10.6 Å². The molecule has 3 aromatic carbocycles. The van der Waals surface area contributed by atoms with Gasteiger partial charge in [-0.05, 0) is 80.0 Å². The van der Waals surface area contributed by atoms with Crippen LogP contribution in [0.3, 0.4) is 0 Å². The summed E-state index contributed by atoms with van der Waals surface area (Å²) in [5.74, 6) is -1.81. The smallest absolute Gasteiger partial charge is 0.340 e. The Morgan fingerprint density at radius 2 is 1.54 bits per heavy atom. The second kappa shape index (κ2) is 13.4. The third kappa shape index (κ3) is 7.03. The van der Waals surface area contributed by atoms with Crippen molar-refractivity contribution in [3.63, 3.8) is 0 Å². The Labute approximate surface area is 230 Å². The highest BCUT2D eigenvalue weighted by Crippen LogP contribution is 2.34. The fourth-order valence-corrected chi connectivity index (χ4v) is 5.50. The van der Waals surface area contributed by atoms with Crippen molar-refractivity contribution in [3.05, 3.63) is 83.4 Å². The first-order valence-electron chi connectivity index (χ1n) is 13.9. The lowest BCUT2D eigenvalue weighted by atomic mass is 9.80. The summed E-state index contributed by atoms with van der Waals surface area (Å²) in [4.78, 5) is 37.2. The minimum absolute atomic E-state index is 0.0945. The van der Waals surface area contributed by atoms with Gasteiger partial charge in [0, 0.05) is 17.6 Å². The molecular weight excluding hydrogens is 492 g/mol. The molecule has 2 N–H and O–H groups in total. The molecule has 7 heteroatoms. The second-order valence-electron chi connectivity index (χ2n) is 10.0. The van der Waals surface area contributed by atoms with Gasteiger partial charge in [0.1, 0.15) is 0 Å². The van der Waals surface area contributed by atoms with E-state index in [0.29, 0.717) is 17.5 Å². The van der Waals surface area contributed by atoms with Gasteiger partial charge in [-0.15, -0.1) is 0 Å². The Morgan fingerprint density at radius 3 is 2.23 bits per heavy atom. The molecule has 7 nitrogen and oxygen atoms in total. The average molecular weight is 531 g/mol. The van der Waals surface area contributed by atoms with Gasteiger partial charge in [0.2, 0.25) is 6.04 Å². The lowest BCUT2D eigenvalue weighted by molar-refractivity contribution is -0.157. The molecule has 1 amide bonds. The van der Waals surface area contributed by atoms with E-state index in [4.69, 9.17) is 9.47 Å². The van der Waals surface area contributed by atoms with Crippen LogP contribution in [0.25, 0.3) is 10.8 Å². The van der Waals surface area contributed by atoms with Crippen molar-refractivity contribution in [2.75, 3.05) is 13.2 Å². The Balaban J connectivity index is 1.39. The first-order valence-corrected chi connectivity index (χ1v) is 13.9. The molecule has 0 bridgehead atoms. The van der Waals surface area contributed by atoms with Gasteiger partial charge in [0.15, 0.2) is 0 Å². The third-order valence-corrected chi connectivity index (χ3v) is 7.41. The van der Waals surface area contributed by atoms with Crippen LogP contribution in [0.4, 0.5) is 0 Å². The highest BCUT2D eigenvalue weighted by Gasteiger charge is 2.32. The highest BCUT2D eigenvalue weighted by molar-refractivity contribution is 6.05. The van der Waals surface area contributed by atoms with Gasteiger partial charge in [-0.1, -0.05) is 61.0 Å². The lowest BCUT2D eigenvalue weighted by Gasteiger charge is -2.32. The van der Waals surface area contributed by atoms with E-state index in [1.165, 1.54) is 21.9 Å². The van der Waals surface area contributed by atoms with Gasteiger partial charge in [0.25, 0.3) is 5.91 Å².